The van der Waals surface area contributed by atoms with Crippen LogP contribution >= 0.6 is 0 Å². The molecule has 2 aromatic carbocycles. The van der Waals surface area contributed by atoms with Crippen molar-refractivity contribution in [1.29, 1.82) is 0 Å². The van der Waals surface area contributed by atoms with E-state index in [1.807, 2.05) is 60.7 Å². The van der Waals surface area contributed by atoms with E-state index < -0.39 is 21.1 Å². The third kappa shape index (κ3) is 7.76. The summed E-state index contributed by atoms with van der Waals surface area (Å²) >= 11 is -2.37. The fourth-order valence-electron chi connectivity index (χ4n) is 4.29. The van der Waals surface area contributed by atoms with Gasteiger partial charge in [0.05, 0.1) is 25.6 Å². The first kappa shape index (κ1) is 30.3. The average molecular weight is 595 g/mol. The highest BCUT2D eigenvalue weighted by molar-refractivity contribution is 7.89. The van der Waals surface area contributed by atoms with Crippen molar-refractivity contribution < 1.29 is 26.7 Å². The molecule has 0 bridgehead atoms. The van der Waals surface area contributed by atoms with Crippen LogP contribution < -0.4 is 9.47 Å². The normalized spacial score (nSPS) is 14.9. The highest BCUT2D eigenvalue weighted by atomic mass is 32.2. The quantitative estimate of drug-likeness (QED) is 0.269. The fraction of sp³-hybridized carbons (Fsp3) is 0.267. The first-order chi connectivity index (χ1) is 19.7. The number of hydrogen-bond donors (Lipinski definition) is 0. The lowest BCUT2D eigenvalue weighted by Crippen LogP contribution is -2.38. The molecule has 4 aromatic rings. The van der Waals surface area contributed by atoms with Gasteiger partial charge in [-0.25, -0.2) is 18.4 Å². The summed E-state index contributed by atoms with van der Waals surface area (Å²) in [5.74, 6) is 1.53. The first-order valence-corrected chi connectivity index (χ1v) is 15.5. The zero-order chi connectivity index (χ0) is 29.4. The molecule has 0 aliphatic carbocycles. The molecule has 1 saturated heterocycles. The van der Waals surface area contributed by atoms with Crippen molar-refractivity contribution in [3.63, 3.8) is 0 Å². The van der Waals surface area contributed by atoms with Crippen LogP contribution in [-0.4, -0.2) is 58.8 Å². The number of nitrogens with zero attached hydrogens (tertiary/aromatic N) is 3. The van der Waals surface area contributed by atoms with E-state index in [2.05, 4.69) is 16.9 Å². The predicted octanol–water partition coefficient (Wildman–Crippen LogP) is 5.17. The highest BCUT2D eigenvalue weighted by Crippen LogP contribution is 2.28. The Balaban J connectivity index is 0.000000201. The number of rotatable bonds is 7. The average Bonchev–Trinajstić information content (AvgIpc) is 3.02. The molecule has 0 amide bonds. The number of pyridine rings is 2. The summed E-state index contributed by atoms with van der Waals surface area (Å²) in [5.41, 5.74) is 2.88. The van der Waals surface area contributed by atoms with Crippen molar-refractivity contribution in [3.8, 4) is 34.0 Å². The Labute approximate surface area is 243 Å². The van der Waals surface area contributed by atoms with Gasteiger partial charge in [0.15, 0.2) is 5.03 Å². The van der Waals surface area contributed by atoms with Crippen LogP contribution in [0.2, 0.25) is 0 Å². The highest BCUT2D eigenvalue weighted by Gasteiger charge is 2.30. The van der Waals surface area contributed by atoms with Gasteiger partial charge in [0.1, 0.15) is 16.5 Å². The summed E-state index contributed by atoms with van der Waals surface area (Å²) in [6.45, 7) is 3.24. The standard InChI is InChI=1S/C18H22N2O3S.C12H11NO3S/c1-14-8-10-20(11-9-14)24(21,22)18-13-16(23-2)12-17(19-18)15-6-4-3-5-7-15;1-16-10-7-11(9-5-3-2-4-6-9)13-12(8-10)17(14)15/h3-7,12-14H,8-11H2,1-2H3;2-8H,1H3,(H,14,15)/p-1. The van der Waals surface area contributed by atoms with Gasteiger partial charge in [-0.05, 0) is 29.8 Å². The number of sulfonamides is 1. The molecule has 1 unspecified atom stereocenters. The predicted molar refractivity (Wildman–Crippen MR) is 157 cm³/mol. The first-order valence-electron chi connectivity index (χ1n) is 13.0. The third-order valence-corrected chi connectivity index (χ3v) is 9.01. The molecular formula is C30H32N3O6S2-. The lowest BCUT2D eigenvalue weighted by Gasteiger charge is -2.29. The maximum Gasteiger partial charge on any atom is 0.260 e. The van der Waals surface area contributed by atoms with Gasteiger partial charge in [-0.3, -0.25) is 4.21 Å². The number of aromatic nitrogens is 2. The minimum atomic E-state index is -3.61. The summed E-state index contributed by atoms with van der Waals surface area (Å²) in [6.07, 6.45) is 1.77. The Morgan fingerprint density at radius 2 is 1.29 bits per heavy atom. The summed E-state index contributed by atoms with van der Waals surface area (Å²) in [5, 5.41) is 0.0264. The zero-order valence-electron chi connectivity index (χ0n) is 23.1. The number of piperidine rings is 1. The zero-order valence-corrected chi connectivity index (χ0v) is 24.7. The molecule has 1 aliphatic rings. The lowest BCUT2D eigenvalue weighted by atomic mass is 10.0. The molecular weight excluding hydrogens is 562 g/mol. The van der Waals surface area contributed by atoms with E-state index in [4.69, 9.17) is 9.47 Å². The van der Waals surface area contributed by atoms with Crippen LogP contribution in [0.1, 0.15) is 19.8 Å². The Bertz CT molecular complexity index is 1580. The minimum Gasteiger partial charge on any atom is -0.767 e. The van der Waals surface area contributed by atoms with E-state index in [0.29, 0.717) is 41.9 Å². The molecule has 1 aliphatic heterocycles. The Kier molecular flexibility index (Phi) is 10.2. The molecule has 0 spiro atoms. The monoisotopic (exact) mass is 594 g/mol. The van der Waals surface area contributed by atoms with E-state index in [-0.39, 0.29) is 10.1 Å². The van der Waals surface area contributed by atoms with E-state index in [1.165, 1.54) is 30.7 Å². The van der Waals surface area contributed by atoms with Crippen molar-refractivity contribution in [2.75, 3.05) is 27.3 Å². The number of benzene rings is 2. The van der Waals surface area contributed by atoms with Crippen molar-refractivity contribution in [2.24, 2.45) is 5.92 Å². The molecule has 1 fully saturated rings. The van der Waals surface area contributed by atoms with Crippen molar-refractivity contribution in [2.45, 2.75) is 29.8 Å². The van der Waals surface area contributed by atoms with Crippen molar-refractivity contribution in [3.05, 3.63) is 84.9 Å². The number of hydrogen-bond acceptors (Lipinski definition) is 8. The van der Waals surface area contributed by atoms with Gasteiger partial charge in [-0.15, -0.1) is 0 Å². The topological polar surface area (TPSA) is 122 Å². The van der Waals surface area contributed by atoms with Gasteiger partial charge in [0.2, 0.25) is 0 Å². The van der Waals surface area contributed by atoms with Gasteiger partial charge >= 0.3 is 0 Å². The summed E-state index contributed by atoms with van der Waals surface area (Å²) < 4.78 is 59.7. The van der Waals surface area contributed by atoms with Crippen LogP contribution in [0, 0.1) is 5.92 Å². The second kappa shape index (κ2) is 13.8. The van der Waals surface area contributed by atoms with E-state index >= 15 is 0 Å². The van der Waals surface area contributed by atoms with Crippen molar-refractivity contribution >= 4 is 21.1 Å². The SMILES string of the molecule is COc1cc(-c2ccccc2)nc(S(=O)(=O)N2CCC(C)CC2)c1.COc1cc(-c2ccccc2)nc(S(=O)[O-])c1. The Morgan fingerprint density at radius 3 is 1.78 bits per heavy atom. The van der Waals surface area contributed by atoms with Gasteiger partial charge in [0, 0.05) is 48.5 Å². The maximum absolute atomic E-state index is 13.0. The molecule has 1 atom stereocenters. The van der Waals surface area contributed by atoms with E-state index in [0.717, 1.165) is 24.0 Å². The molecule has 3 heterocycles. The number of ether oxygens (including phenoxy) is 2. The second-order valence-electron chi connectivity index (χ2n) is 9.51. The molecule has 5 rings (SSSR count). The van der Waals surface area contributed by atoms with Gasteiger partial charge in [-0.1, -0.05) is 67.6 Å². The minimum absolute atomic E-state index is 0.0248. The van der Waals surface area contributed by atoms with Gasteiger partial charge in [-0.2, -0.15) is 4.31 Å². The van der Waals surface area contributed by atoms with Gasteiger partial charge in [0.25, 0.3) is 10.0 Å². The molecule has 216 valence electrons. The molecule has 0 N–H and O–H groups in total. The second-order valence-corrected chi connectivity index (χ2v) is 12.3. The van der Waals surface area contributed by atoms with Crippen LogP contribution in [0.15, 0.2) is 95.0 Å². The molecule has 9 nitrogen and oxygen atoms in total. The molecule has 11 heteroatoms. The molecule has 41 heavy (non-hydrogen) atoms. The smallest absolute Gasteiger partial charge is 0.260 e. The van der Waals surface area contributed by atoms with Crippen LogP contribution in [0.3, 0.4) is 0 Å². The van der Waals surface area contributed by atoms with Crippen LogP contribution in [-0.2, 0) is 21.1 Å². The molecule has 2 aromatic heterocycles. The maximum atomic E-state index is 13.0. The Hall–Kier alpha value is -3.64. The van der Waals surface area contributed by atoms with Crippen LogP contribution in [0.25, 0.3) is 22.5 Å². The Morgan fingerprint density at radius 1 is 0.805 bits per heavy atom. The fourth-order valence-corrected chi connectivity index (χ4v) is 6.11. The molecule has 0 radical (unpaired) electrons. The lowest BCUT2D eigenvalue weighted by molar-refractivity contribution is 0.287. The van der Waals surface area contributed by atoms with Crippen LogP contribution in [0.5, 0.6) is 11.5 Å². The third-order valence-electron chi connectivity index (χ3n) is 6.68. The van der Waals surface area contributed by atoms with E-state index in [1.54, 1.807) is 12.1 Å². The summed E-state index contributed by atoms with van der Waals surface area (Å²) in [6, 6.07) is 25.2. The molecule has 0 saturated carbocycles. The summed E-state index contributed by atoms with van der Waals surface area (Å²) in [7, 11) is -0.588. The van der Waals surface area contributed by atoms with Crippen LogP contribution in [0.4, 0.5) is 0 Å². The van der Waals surface area contributed by atoms with Crippen molar-refractivity contribution in [1.82, 2.24) is 14.3 Å². The van der Waals surface area contributed by atoms with Gasteiger partial charge < -0.3 is 14.0 Å². The number of methoxy groups -OCH3 is 2. The van der Waals surface area contributed by atoms with E-state index in [9.17, 15) is 17.2 Å². The largest absolute Gasteiger partial charge is 0.767 e. The summed E-state index contributed by atoms with van der Waals surface area (Å²) in [4.78, 5) is 8.47.